The van der Waals surface area contributed by atoms with E-state index in [4.69, 9.17) is 5.73 Å². The van der Waals surface area contributed by atoms with E-state index < -0.39 is 5.91 Å². The van der Waals surface area contributed by atoms with Crippen LogP contribution in [0.4, 0.5) is 11.4 Å². The van der Waals surface area contributed by atoms with Crippen LogP contribution in [0.25, 0.3) is 0 Å². The van der Waals surface area contributed by atoms with Gasteiger partial charge < -0.3 is 16.4 Å². The van der Waals surface area contributed by atoms with Crippen LogP contribution in [-0.2, 0) is 4.79 Å². The number of primary amides is 1. The average Bonchev–Trinajstić information content (AvgIpc) is 3.22. The first-order valence-corrected chi connectivity index (χ1v) is 10.2. The highest BCUT2D eigenvalue weighted by Crippen LogP contribution is 2.23. The van der Waals surface area contributed by atoms with Crippen LogP contribution in [0.5, 0.6) is 0 Å². The van der Waals surface area contributed by atoms with Crippen molar-refractivity contribution >= 4 is 52.2 Å². The minimum Gasteiger partial charge on any atom is -0.366 e. The molecule has 142 valence electrons. The smallest absolute Gasteiger partial charge is 0.265 e. The van der Waals surface area contributed by atoms with Crippen molar-refractivity contribution in [1.82, 2.24) is 0 Å². The molecular formula is C20H17N3O3S2. The molecule has 0 saturated heterocycles. The molecule has 2 aromatic carbocycles. The highest BCUT2D eigenvalue weighted by atomic mass is 32.2. The van der Waals surface area contributed by atoms with Crippen LogP contribution in [0.3, 0.4) is 0 Å². The number of amides is 3. The Kier molecular flexibility index (Phi) is 6.46. The largest absolute Gasteiger partial charge is 0.366 e. The second kappa shape index (κ2) is 9.20. The average molecular weight is 412 g/mol. The van der Waals surface area contributed by atoms with Crippen LogP contribution in [0.1, 0.15) is 20.0 Å². The molecule has 0 atom stereocenters. The topological polar surface area (TPSA) is 101 Å². The van der Waals surface area contributed by atoms with Crippen molar-refractivity contribution in [3.05, 3.63) is 76.5 Å². The second-order valence-electron chi connectivity index (χ2n) is 5.74. The van der Waals surface area contributed by atoms with Gasteiger partial charge in [0.2, 0.25) is 11.8 Å². The Bertz CT molecular complexity index is 986. The normalized spacial score (nSPS) is 10.3. The highest BCUT2D eigenvalue weighted by molar-refractivity contribution is 8.00. The number of thioether (sulfide) groups is 1. The fraction of sp³-hybridized carbons (Fsp3) is 0.0500. The molecule has 0 aliphatic rings. The van der Waals surface area contributed by atoms with Crippen LogP contribution in [0, 0.1) is 0 Å². The minimum absolute atomic E-state index is 0.158. The summed E-state index contributed by atoms with van der Waals surface area (Å²) >= 11 is 2.74. The summed E-state index contributed by atoms with van der Waals surface area (Å²) in [7, 11) is 0. The molecule has 0 fully saturated rings. The zero-order valence-corrected chi connectivity index (χ0v) is 16.3. The van der Waals surface area contributed by atoms with Crippen LogP contribution >= 0.6 is 23.1 Å². The van der Waals surface area contributed by atoms with Crippen molar-refractivity contribution in [3.8, 4) is 0 Å². The molecular weight excluding hydrogens is 394 g/mol. The summed E-state index contributed by atoms with van der Waals surface area (Å²) in [5.41, 5.74) is 6.84. The predicted octanol–water partition coefficient (Wildman–Crippen LogP) is 3.83. The number of nitrogens with one attached hydrogen (secondary N) is 2. The lowest BCUT2D eigenvalue weighted by atomic mass is 10.2. The Balaban J connectivity index is 1.53. The molecule has 0 aliphatic carbocycles. The first kappa shape index (κ1) is 19.7. The van der Waals surface area contributed by atoms with E-state index >= 15 is 0 Å². The molecule has 0 aliphatic heterocycles. The monoisotopic (exact) mass is 411 g/mol. The maximum atomic E-state index is 12.1. The SMILES string of the molecule is NC(=O)c1ccc(NC(=O)CSc2cccc(NC(=O)c3cccs3)c2)cc1. The number of rotatable bonds is 7. The van der Waals surface area contributed by atoms with Crippen molar-refractivity contribution < 1.29 is 14.4 Å². The van der Waals surface area contributed by atoms with Crippen LogP contribution in [0.15, 0.2) is 70.9 Å². The summed E-state index contributed by atoms with van der Waals surface area (Å²) in [6.07, 6.45) is 0. The number of anilines is 2. The van der Waals surface area contributed by atoms with E-state index in [1.54, 1.807) is 36.4 Å². The van der Waals surface area contributed by atoms with Gasteiger partial charge in [-0.15, -0.1) is 23.1 Å². The number of hydrogen-bond donors (Lipinski definition) is 3. The summed E-state index contributed by atoms with van der Waals surface area (Å²) in [6.45, 7) is 0. The number of thiophene rings is 1. The van der Waals surface area contributed by atoms with Crippen molar-refractivity contribution in [2.24, 2.45) is 5.73 Å². The molecule has 0 unspecified atom stereocenters. The second-order valence-corrected chi connectivity index (χ2v) is 7.73. The van der Waals surface area contributed by atoms with Crippen LogP contribution in [0.2, 0.25) is 0 Å². The van der Waals surface area contributed by atoms with E-state index in [-0.39, 0.29) is 17.6 Å². The number of carbonyl (C=O) groups excluding carboxylic acids is 3. The number of nitrogens with two attached hydrogens (primary N) is 1. The standard InChI is InChI=1S/C20H17N3O3S2/c21-19(25)13-6-8-14(9-7-13)22-18(24)12-28-16-4-1-3-15(11-16)23-20(26)17-5-2-10-27-17/h1-11H,12H2,(H2,21,25)(H,22,24)(H,23,26). The number of benzene rings is 2. The first-order chi connectivity index (χ1) is 13.5. The molecule has 8 heteroatoms. The fourth-order valence-corrected chi connectivity index (χ4v) is 3.70. The van der Waals surface area contributed by atoms with Gasteiger partial charge in [-0.2, -0.15) is 0 Å². The molecule has 3 amide bonds. The maximum Gasteiger partial charge on any atom is 0.265 e. The Hall–Kier alpha value is -3.10. The molecule has 0 bridgehead atoms. The number of hydrogen-bond acceptors (Lipinski definition) is 5. The van der Waals surface area contributed by atoms with Gasteiger partial charge in [0.05, 0.1) is 10.6 Å². The third kappa shape index (κ3) is 5.45. The minimum atomic E-state index is -0.514. The van der Waals surface area contributed by atoms with Gasteiger partial charge in [0, 0.05) is 21.8 Å². The number of carbonyl (C=O) groups is 3. The Labute approximate surface area is 170 Å². The van der Waals surface area contributed by atoms with Gasteiger partial charge in [0.25, 0.3) is 5.91 Å². The molecule has 1 aromatic heterocycles. The Morgan fingerprint density at radius 1 is 0.929 bits per heavy atom. The van der Waals surface area contributed by atoms with Crippen LogP contribution < -0.4 is 16.4 Å². The fourth-order valence-electron chi connectivity index (χ4n) is 2.33. The van der Waals surface area contributed by atoms with E-state index in [9.17, 15) is 14.4 Å². The summed E-state index contributed by atoms with van der Waals surface area (Å²) in [5, 5.41) is 7.46. The van der Waals surface area contributed by atoms with Crippen LogP contribution in [-0.4, -0.2) is 23.5 Å². The zero-order valence-electron chi connectivity index (χ0n) is 14.7. The summed E-state index contributed by atoms with van der Waals surface area (Å²) in [6, 6.07) is 17.3. The summed E-state index contributed by atoms with van der Waals surface area (Å²) in [5.74, 6) is -0.640. The van der Waals surface area contributed by atoms with Crippen molar-refractivity contribution in [3.63, 3.8) is 0 Å². The molecule has 3 rings (SSSR count). The quantitative estimate of drug-likeness (QED) is 0.514. The first-order valence-electron chi connectivity index (χ1n) is 8.29. The van der Waals surface area contributed by atoms with E-state index in [0.29, 0.717) is 21.8 Å². The van der Waals surface area contributed by atoms with Gasteiger partial charge in [-0.05, 0) is 53.9 Å². The third-order valence-corrected chi connectivity index (χ3v) is 5.52. The summed E-state index contributed by atoms with van der Waals surface area (Å²) in [4.78, 5) is 36.8. The lowest BCUT2D eigenvalue weighted by molar-refractivity contribution is -0.113. The molecule has 28 heavy (non-hydrogen) atoms. The van der Waals surface area contributed by atoms with E-state index in [2.05, 4.69) is 10.6 Å². The van der Waals surface area contributed by atoms with Gasteiger partial charge in [-0.25, -0.2) is 0 Å². The molecule has 1 heterocycles. The molecule has 3 aromatic rings. The van der Waals surface area contributed by atoms with Crippen molar-refractivity contribution in [2.45, 2.75) is 4.90 Å². The molecule has 0 spiro atoms. The molecule has 6 nitrogen and oxygen atoms in total. The van der Waals surface area contributed by atoms with E-state index in [1.807, 2.05) is 29.6 Å². The van der Waals surface area contributed by atoms with Gasteiger partial charge in [0.15, 0.2) is 0 Å². The van der Waals surface area contributed by atoms with Gasteiger partial charge in [-0.1, -0.05) is 12.1 Å². The molecule has 4 N–H and O–H groups in total. The maximum absolute atomic E-state index is 12.1. The van der Waals surface area contributed by atoms with Gasteiger partial charge >= 0.3 is 0 Å². The van der Waals surface area contributed by atoms with Gasteiger partial charge in [-0.3, -0.25) is 14.4 Å². The molecule has 0 radical (unpaired) electrons. The van der Waals surface area contributed by atoms with E-state index in [0.717, 1.165) is 4.90 Å². The lowest BCUT2D eigenvalue weighted by Crippen LogP contribution is -2.15. The lowest BCUT2D eigenvalue weighted by Gasteiger charge is -2.08. The van der Waals surface area contributed by atoms with E-state index in [1.165, 1.54) is 23.1 Å². The van der Waals surface area contributed by atoms with Crippen molar-refractivity contribution in [1.29, 1.82) is 0 Å². The summed E-state index contributed by atoms with van der Waals surface area (Å²) < 4.78 is 0. The highest BCUT2D eigenvalue weighted by Gasteiger charge is 2.09. The Morgan fingerprint density at radius 3 is 2.39 bits per heavy atom. The Morgan fingerprint density at radius 2 is 1.71 bits per heavy atom. The van der Waals surface area contributed by atoms with Crippen molar-refractivity contribution in [2.75, 3.05) is 16.4 Å². The molecule has 0 saturated carbocycles. The third-order valence-electron chi connectivity index (χ3n) is 3.66. The predicted molar refractivity (Wildman–Crippen MR) is 113 cm³/mol. The van der Waals surface area contributed by atoms with Gasteiger partial charge in [0.1, 0.15) is 0 Å². The zero-order chi connectivity index (χ0) is 19.9.